The van der Waals surface area contributed by atoms with Gasteiger partial charge in [0.1, 0.15) is 0 Å². The van der Waals surface area contributed by atoms with Crippen LogP contribution in [0.2, 0.25) is 0 Å². The molecule has 0 bridgehead atoms. The van der Waals surface area contributed by atoms with Gasteiger partial charge in [0.25, 0.3) is 0 Å². The summed E-state index contributed by atoms with van der Waals surface area (Å²) in [6.07, 6.45) is 6.25. The van der Waals surface area contributed by atoms with Gasteiger partial charge >= 0.3 is 11.8 Å². The second-order valence-corrected chi connectivity index (χ2v) is 5.77. The first-order valence-electron chi connectivity index (χ1n) is 7.05. The second-order valence-electron chi connectivity index (χ2n) is 5.77. The van der Waals surface area contributed by atoms with Crippen LogP contribution in [0, 0.1) is 15.5 Å². The van der Waals surface area contributed by atoms with E-state index in [0.717, 1.165) is 32.1 Å². The minimum absolute atomic E-state index is 0.0889. The molecule has 116 valence electrons. The highest BCUT2D eigenvalue weighted by Gasteiger charge is 2.35. The van der Waals surface area contributed by atoms with E-state index >= 15 is 0 Å². The number of carboxylic acids is 1. The van der Waals surface area contributed by atoms with E-state index in [4.69, 9.17) is 5.11 Å². The van der Waals surface area contributed by atoms with Gasteiger partial charge in [-0.2, -0.15) is 0 Å². The molecule has 0 amide bonds. The average molecular weight is 296 g/mol. The summed E-state index contributed by atoms with van der Waals surface area (Å²) in [7, 11) is 1.67. The third-order valence-corrected chi connectivity index (χ3v) is 4.16. The molecule has 1 aromatic heterocycles. The Labute approximate surface area is 122 Å². The summed E-state index contributed by atoms with van der Waals surface area (Å²) in [5, 5.41) is 23.1. The van der Waals surface area contributed by atoms with Crippen molar-refractivity contribution in [3.63, 3.8) is 0 Å². The highest BCUT2D eigenvalue weighted by molar-refractivity contribution is 5.68. The van der Waals surface area contributed by atoms with Gasteiger partial charge in [-0.05, 0) is 28.2 Å². The number of carboxylic acid groups (broad SMARTS) is 1. The molecule has 0 aliphatic heterocycles. The lowest BCUT2D eigenvalue weighted by Gasteiger charge is -2.36. The Bertz CT molecular complexity index is 534. The zero-order chi connectivity index (χ0) is 15.5. The molecular formula is C13H20N4O4. The number of nitro groups is 1. The van der Waals surface area contributed by atoms with Crippen LogP contribution >= 0.6 is 0 Å². The third-order valence-electron chi connectivity index (χ3n) is 4.16. The van der Waals surface area contributed by atoms with E-state index in [1.165, 1.54) is 6.33 Å². The lowest BCUT2D eigenvalue weighted by molar-refractivity contribution is -0.388. The molecule has 21 heavy (non-hydrogen) atoms. The molecule has 1 saturated carbocycles. The Balaban J connectivity index is 2.13. The van der Waals surface area contributed by atoms with Crippen molar-refractivity contribution in [2.24, 2.45) is 12.5 Å². The van der Waals surface area contributed by atoms with Crippen LogP contribution in [-0.4, -0.2) is 32.1 Å². The maximum atomic E-state index is 11.1. The molecule has 1 fully saturated rings. The largest absolute Gasteiger partial charge is 0.481 e. The van der Waals surface area contributed by atoms with Crippen molar-refractivity contribution in [1.29, 1.82) is 0 Å². The number of anilines is 1. The number of aryl methyl sites for hydroxylation is 1. The van der Waals surface area contributed by atoms with Crippen LogP contribution in [0.1, 0.15) is 38.5 Å². The topological polar surface area (TPSA) is 110 Å². The highest BCUT2D eigenvalue weighted by atomic mass is 16.6. The fourth-order valence-corrected chi connectivity index (χ4v) is 3.07. The number of carbonyl (C=O) groups is 1. The smallest absolute Gasteiger partial charge is 0.406 e. The fourth-order valence-electron chi connectivity index (χ4n) is 3.07. The van der Waals surface area contributed by atoms with Crippen LogP contribution in [0.15, 0.2) is 6.33 Å². The van der Waals surface area contributed by atoms with Gasteiger partial charge in [0.15, 0.2) is 0 Å². The Hall–Kier alpha value is -2.12. The predicted octanol–water partition coefficient (Wildman–Crippen LogP) is 2.17. The molecular weight excluding hydrogens is 276 g/mol. The third kappa shape index (κ3) is 3.50. The minimum atomic E-state index is -0.821. The lowest BCUT2D eigenvalue weighted by Crippen LogP contribution is -2.35. The summed E-state index contributed by atoms with van der Waals surface area (Å²) in [6, 6.07) is 0. The minimum Gasteiger partial charge on any atom is -0.481 e. The number of hydrogen-bond donors (Lipinski definition) is 2. The number of nitrogens with zero attached hydrogens (tertiary/aromatic N) is 3. The Morgan fingerprint density at radius 1 is 1.52 bits per heavy atom. The Morgan fingerprint density at radius 3 is 2.76 bits per heavy atom. The van der Waals surface area contributed by atoms with Crippen molar-refractivity contribution < 1.29 is 14.8 Å². The zero-order valence-electron chi connectivity index (χ0n) is 12.0. The number of hydrogen-bond acceptors (Lipinski definition) is 5. The quantitative estimate of drug-likeness (QED) is 0.615. The molecule has 1 aliphatic rings. The van der Waals surface area contributed by atoms with Gasteiger partial charge in [0.2, 0.25) is 12.1 Å². The first-order chi connectivity index (χ1) is 9.93. The molecule has 0 unspecified atom stereocenters. The maximum absolute atomic E-state index is 11.1. The first-order valence-corrected chi connectivity index (χ1v) is 7.05. The molecule has 0 saturated heterocycles. The van der Waals surface area contributed by atoms with E-state index in [2.05, 4.69) is 10.3 Å². The lowest BCUT2D eigenvalue weighted by atomic mass is 9.71. The molecule has 8 nitrogen and oxygen atoms in total. The average Bonchev–Trinajstić information content (AvgIpc) is 2.78. The Kier molecular flexibility index (Phi) is 4.44. The van der Waals surface area contributed by atoms with Gasteiger partial charge < -0.3 is 20.5 Å². The summed E-state index contributed by atoms with van der Waals surface area (Å²) in [5.74, 6) is -0.715. The normalized spacial score (nSPS) is 17.4. The van der Waals surface area contributed by atoms with E-state index in [1.54, 1.807) is 11.6 Å². The molecule has 0 spiro atoms. The summed E-state index contributed by atoms with van der Waals surface area (Å²) in [5.41, 5.74) is -0.331. The van der Waals surface area contributed by atoms with E-state index in [1.807, 2.05) is 0 Å². The molecule has 1 aromatic rings. The number of nitrogens with one attached hydrogen (secondary N) is 1. The van der Waals surface area contributed by atoms with Crippen LogP contribution in [0.5, 0.6) is 0 Å². The van der Waals surface area contributed by atoms with E-state index in [-0.39, 0.29) is 17.7 Å². The van der Waals surface area contributed by atoms with Crippen LogP contribution in [0.4, 0.5) is 11.6 Å². The standard InChI is InChI=1S/C13H20N4O4/c1-16-9-15-12(17(20)21)11(16)14-8-13(7-10(18)19)5-3-2-4-6-13/h9,14H,2-8H2,1H3,(H,18,19). The van der Waals surface area contributed by atoms with Crippen LogP contribution < -0.4 is 5.32 Å². The fraction of sp³-hybridized carbons (Fsp3) is 0.692. The second kappa shape index (κ2) is 6.11. The van der Waals surface area contributed by atoms with E-state index < -0.39 is 10.9 Å². The molecule has 2 rings (SSSR count). The van der Waals surface area contributed by atoms with Gasteiger partial charge in [-0.1, -0.05) is 19.3 Å². The number of aromatic nitrogens is 2. The summed E-state index contributed by atoms with van der Waals surface area (Å²) in [4.78, 5) is 25.3. The van der Waals surface area contributed by atoms with Gasteiger partial charge in [-0.25, -0.2) is 0 Å². The molecule has 0 aromatic carbocycles. The highest BCUT2D eigenvalue weighted by Crippen LogP contribution is 2.40. The molecule has 1 heterocycles. The van der Waals surface area contributed by atoms with Gasteiger partial charge in [0.05, 0.1) is 6.42 Å². The monoisotopic (exact) mass is 296 g/mol. The molecule has 8 heteroatoms. The first kappa shape index (κ1) is 15.3. The van der Waals surface area contributed by atoms with Gasteiger partial charge in [0, 0.05) is 13.6 Å². The van der Waals surface area contributed by atoms with Crippen LogP contribution in [-0.2, 0) is 11.8 Å². The van der Waals surface area contributed by atoms with Crippen molar-refractivity contribution in [1.82, 2.24) is 9.55 Å². The van der Waals surface area contributed by atoms with Crippen molar-refractivity contribution in [3.8, 4) is 0 Å². The summed E-state index contributed by atoms with van der Waals surface area (Å²) in [6.45, 7) is 0.416. The van der Waals surface area contributed by atoms with Gasteiger partial charge in [-0.3, -0.25) is 9.36 Å². The SMILES string of the molecule is Cn1cnc([N+](=O)[O-])c1NCC1(CC(=O)O)CCCCC1. The summed E-state index contributed by atoms with van der Waals surface area (Å²) >= 11 is 0. The molecule has 0 atom stereocenters. The molecule has 2 N–H and O–H groups in total. The number of imidazole rings is 1. The maximum Gasteiger partial charge on any atom is 0.406 e. The predicted molar refractivity (Wildman–Crippen MR) is 76.1 cm³/mol. The van der Waals surface area contributed by atoms with Crippen LogP contribution in [0.25, 0.3) is 0 Å². The van der Waals surface area contributed by atoms with Crippen molar-refractivity contribution >= 4 is 17.6 Å². The number of aliphatic carboxylic acids is 1. The summed E-state index contributed by atoms with van der Waals surface area (Å²) < 4.78 is 1.55. The van der Waals surface area contributed by atoms with E-state index in [0.29, 0.717) is 12.4 Å². The number of rotatable bonds is 6. The van der Waals surface area contributed by atoms with Gasteiger partial charge in [-0.15, -0.1) is 0 Å². The Morgan fingerprint density at radius 2 is 2.19 bits per heavy atom. The van der Waals surface area contributed by atoms with E-state index in [9.17, 15) is 14.9 Å². The van der Waals surface area contributed by atoms with Crippen LogP contribution in [0.3, 0.4) is 0 Å². The molecule has 0 radical (unpaired) electrons. The zero-order valence-corrected chi connectivity index (χ0v) is 12.0. The van der Waals surface area contributed by atoms with Crippen molar-refractivity contribution in [2.75, 3.05) is 11.9 Å². The van der Waals surface area contributed by atoms with Crippen molar-refractivity contribution in [2.45, 2.75) is 38.5 Å². The molecule has 1 aliphatic carbocycles. The van der Waals surface area contributed by atoms with Crippen molar-refractivity contribution in [3.05, 3.63) is 16.4 Å².